The molecule has 0 aliphatic heterocycles. The molecule has 0 saturated carbocycles. The van der Waals surface area contributed by atoms with E-state index < -0.39 is 0 Å². The van der Waals surface area contributed by atoms with Gasteiger partial charge in [-0.3, -0.25) is 4.68 Å². The van der Waals surface area contributed by atoms with Gasteiger partial charge >= 0.3 is 0 Å². The molecular formula is C12H14N4O2. The van der Waals surface area contributed by atoms with Gasteiger partial charge in [-0.25, -0.2) is 0 Å². The third-order valence-corrected chi connectivity index (χ3v) is 2.42. The van der Waals surface area contributed by atoms with Crippen LogP contribution < -0.4 is 10.5 Å². The summed E-state index contributed by atoms with van der Waals surface area (Å²) >= 11 is 0. The number of ether oxygens (including phenoxy) is 1. The lowest BCUT2D eigenvalue weighted by Crippen LogP contribution is -2.14. The van der Waals surface area contributed by atoms with Crippen LogP contribution in [0.1, 0.15) is 11.1 Å². The minimum Gasteiger partial charge on any atom is -0.488 e. The van der Waals surface area contributed by atoms with Crippen LogP contribution in [0, 0.1) is 0 Å². The van der Waals surface area contributed by atoms with E-state index >= 15 is 0 Å². The Morgan fingerprint density at radius 1 is 1.50 bits per heavy atom. The summed E-state index contributed by atoms with van der Waals surface area (Å²) in [7, 11) is 1.84. The molecule has 0 atom stereocenters. The van der Waals surface area contributed by atoms with E-state index in [0.717, 1.165) is 5.56 Å². The lowest BCUT2D eigenvalue weighted by Gasteiger charge is -2.09. The topological polar surface area (TPSA) is 85.7 Å². The molecule has 0 bridgehead atoms. The summed E-state index contributed by atoms with van der Waals surface area (Å²) < 4.78 is 7.34. The predicted octanol–water partition coefficient (Wildman–Crippen LogP) is 1.09. The van der Waals surface area contributed by atoms with Gasteiger partial charge < -0.3 is 15.7 Å². The van der Waals surface area contributed by atoms with Crippen molar-refractivity contribution in [3.05, 3.63) is 47.8 Å². The molecule has 0 fully saturated rings. The lowest BCUT2D eigenvalue weighted by molar-refractivity contribution is 0.303. The van der Waals surface area contributed by atoms with Crippen molar-refractivity contribution in [3.63, 3.8) is 0 Å². The normalized spacial score (nSPS) is 11.5. The highest BCUT2D eigenvalue weighted by atomic mass is 16.5. The van der Waals surface area contributed by atoms with E-state index in [-0.39, 0.29) is 5.84 Å². The molecule has 0 saturated heterocycles. The average Bonchev–Trinajstić information content (AvgIpc) is 2.81. The van der Waals surface area contributed by atoms with E-state index in [4.69, 9.17) is 15.7 Å². The lowest BCUT2D eigenvalue weighted by atomic mass is 10.2. The number of nitrogens with zero attached hydrogens (tertiary/aromatic N) is 3. The van der Waals surface area contributed by atoms with Gasteiger partial charge in [0.25, 0.3) is 0 Å². The Morgan fingerprint density at radius 3 is 2.94 bits per heavy atom. The van der Waals surface area contributed by atoms with Crippen LogP contribution in [0.5, 0.6) is 5.75 Å². The van der Waals surface area contributed by atoms with Gasteiger partial charge in [0.1, 0.15) is 12.4 Å². The van der Waals surface area contributed by atoms with Crippen LogP contribution in [0.25, 0.3) is 0 Å². The highest BCUT2D eigenvalue weighted by molar-refractivity contribution is 5.99. The molecule has 0 unspecified atom stereocenters. The molecule has 2 aromatic rings. The molecule has 6 heteroatoms. The zero-order chi connectivity index (χ0) is 13.0. The molecule has 0 radical (unpaired) electrons. The fourth-order valence-electron chi connectivity index (χ4n) is 1.57. The third kappa shape index (κ3) is 2.60. The van der Waals surface area contributed by atoms with Crippen molar-refractivity contribution in [1.29, 1.82) is 0 Å². The van der Waals surface area contributed by atoms with E-state index in [0.29, 0.717) is 17.9 Å². The monoisotopic (exact) mass is 246 g/mol. The fourth-order valence-corrected chi connectivity index (χ4v) is 1.57. The Hall–Kier alpha value is -2.50. The summed E-state index contributed by atoms with van der Waals surface area (Å²) in [5, 5.41) is 15.7. The third-order valence-electron chi connectivity index (χ3n) is 2.42. The molecule has 0 amide bonds. The molecule has 1 aromatic carbocycles. The average molecular weight is 246 g/mol. The molecule has 18 heavy (non-hydrogen) atoms. The summed E-state index contributed by atoms with van der Waals surface area (Å²) in [6, 6.07) is 7.12. The summed E-state index contributed by atoms with van der Waals surface area (Å²) in [4.78, 5) is 0. The summed E-state index contributed by atoms with van der Waals surface area (Å²) in [6.07, 6.45) is 3.60. The van der Waals surface area contributed by atoms with Gasteiger partial charge in [-0.2, -0.15) is 5.10 Å². The van der Waals surface area contributed by atoms with E-state index in [2.05, 4.69) is 10.3 Å². The molecule has 0 aliphatic carbocycles. The molecule has 1 heterocycles. The number of para-hydroxylation sites is 1. The molecule has 0 spiro atoms. The van der Waals surface area contributed by atoms with E-state index in [1.54, 1.807) is 29.1 Å². The van der Waals surface area contributed by atoms with Gasteiger partial charge in [-0.15, -0.1) is 0 Å². The number of rotatable bonds is 4. The second kappa shape index (κ2) is 5.22. The minimum atomic E-state index is 0.0248. The molecular weight excluding hydrogens is 232 g/mol. The maximum absolute atomic E-state index is 8.70. The highest BCUT2D eigenvalue weighted by Gasteiger charge is 2.07. The smallest absolute Gasteiger partial charge is 0.173 e. The van der Waals surface area contributed by atoms with Gasteiger partial charge in [0.2, 0.25) is 0 Å². The first kappa shape index (κ1) is 12.0. The van der Waals surface area contributed by atoms with Crippen LogP contribution in [-0.2, 0) is 13.7 Å². The first-order valence-electron chi connectivity index (χ1n) is 5.38. The zero-order valence-corrected chi connectivity index (χ0v) is 9.95. The molecule has 1 aromatic heterocycles. The first-order valence-corrected chi connectivity index (χ1v) is 5.38. The Kier molecular flexibility index (Phi) is 3.47. The number of hydrogen-bond donors (Lipinski definition) is 2. The SMILES string of the molecule is Cn1cc(COc2ccccc2C(N)=NO)cn1. The van der Waals surface area contributed by atoms with Gasteiger partial charge in [0, 0.05) is 18.8 Å². The largest absolute Gasteiger partial charge is 0.488 e. The van der Waals surface area contributed by atoms with Crippen molar-refractivity contribution in [2.75, 3.05) is 0 Å². The van der Waals surface area contributed by atoms with E-state index in [9.17, 15) is 0 Å². The summed E-state index contributed by atoms with van der Waals surface area (Å²) in [5.41, 5.74) is 7.08. The Labute approximate surface area is 104 Å². The van der Waals surface area contributed by atoms with Gasteiger partial charge in [-0.1, -0.05) is 17.3 Å². The molecule has 2 rings (SSSR count). The van der Waals surface area contributed by atoms with Crippen molar-refractivity contribution in [1.82, 2.24) is 9.78 Å². The number of benzene rings is 1. The highest BCUT2D eigenvalue weighted by Crippen LogP contribution is 2.18. The van der Waals surface area contributed by atoms with Gasteiger partial charge in [0.15, 0.2) is 5.84 Å². The van der Waals surface area contributed by atoms with E-state index in [1.165, 1.54) is 0 Å². The minimum absolute atomic E-state index is 0.0248. The standard InChI is InChI=1S/C12H14N4O2/c1-16-7-9(6-14-16)8-18-11-5-3-2-4-10(11)12(13)15-17/h2-7,17H,8H2,1H3,(H2,13,15). The maximum atomic E-state index is 8.70. The number of amidine groups is 1. The number of hydrogen-bond acceptors (Lipinski definition) is 4. The van der Waals surface area contributed by atoms with Crippen LogP contribution in [0.3, 0.4) is 0 Å². The maximum Gasteiger partial charge on any atom is 0.173 e. The number of oxime groups is 1. The van der Waals surface area contributed by atoms with Crippen molar-refractivity contribution < 1.29 is 9.94 Å². The number of aromatic nitrogens is 2. The Morgan fingerprint density at radius 2 is 2.28 bits per heavy atom. The fraction of sp³-hybridized carbons (Fsp3) is 0.167. The second-order valence-electron chi connectivity index (χ2n) is 3.79. The zero-order valence-electron chi connectivity index (χ0n) is 9.95. The number of aryl methyl sites for hydroxylation is 1. The summed E-state index contributed by atoms with van der Waals surface area (Å²) in [6.45, 7) is 0.379. The quantitative estimate of drug-likeness (QED) is 0.366. The molecule has 94 valence electrons. The van der Waals surface area contributed by atoms with Crippen molar-refractivity contribution in [2.24, 2.45) is 17.9 Å². The molecule has 0 aliphatic rings. The van der Waals surface area contributed by atoms with Crippen LogP contribution in [0.2, 0.25) is 0 Å². The van der Waals surface area contributed by atoms with Crippen molar-refractivity contribution in [3.8, 4) is 5.75 Å². The number of nitrogens with two attached hydrogens (primary N) is 1. The predicted molar refractivity (Wildman–Crippen MR) is 66.5 cm³/mol. The van der Waals surface area contributed by atoms with Crippen LogP contribution in [-0.4, -0.2) is 20.8 Å². The van der Waals surface area contributed by atoms with Gasteiger partial charge in [0.05, 0.1) is 11.8 Å². The van der Waals surface area contributed by atoms with Crippen molar-refractivity contribution >= 4 is 5.84 Å². The Bertz CT molecular complexity index is 563. The van der Waals surface area contributed by atoms with Crippen LogP contribution >= 0.6 is 0 Å². The first-order chi connectivity index (χ1) is 8.70. The van der Waals surface area contributed by atoms with E-state index in [1.807, 2.05) is 19.3 Å². The molecule has 3 N–H and O–H groups in total. The Balaban J connectivity index is 2.14. The van der Waals surface area contributed by atoms with Crippen LogP contribution in [0.15, 0.2) is 41.8 Å². The summed E-state index contributed by atoms with van der Waals surface area (Å²) in [5.74, 6) is 0.591. The van der Waals surface area contributed by atoms with Crippen LogP contribution in [0.4, 0.5) is 0 Å². The molecule has 6 nitrogen and oxygen atoms in total. The second-order valence-corrected chi connectivity index (χ2v) is 3.79. The van der Waals surface area contributed by atoms with Gasteiger partial charge in [-0.05, 0) is 12.1 Å². The van der Waals surface area contributed by atoms with Crippen molar-refractivity contribution in [2.45, 2.75) is 6.61 Å².